The minimum atomic E-state index is 0.136. The molecule has 0 spiro atoms. The van der Waals surface area contributed by atoms with E-state index in [1.165, 1.54) is 0 Å². The first-order chi connectivity index (χ1) is 6.81. The van der Waals surface area contributed by atoms with E-state index in [9.17, 15) is 4.79 Å². The van der Waals surface area contributed by atoms with Gasteiger partial charge in [0.15, 0.2) is 0 Å². The normalized spacial score (nSPS) is 9.86. The predicted molar refractivity (Wildman–Crippen MR) is 56.3 cm³/mol. The SMILES string of the molecule is CCN(C=O)c1cccc(CCO)c1. The summed E-state index contributed by atoms with van der Waals surface area (Å²) in [4.78, 5) is 12.3. The minimum absolute atomic E-state index is 0.136. The van der Waals surface area contributed by atoms with E-state index >= 15 is 0 Å². The molecule has 0 atom stereocenters. The molecule has 0 bridgehead atoms. The van der Waals surface area contributed by atoms with Crippen molar-refractivity contribution < 1.29 is 9.90 Å². The molecule has 3 nitrogen and oxygen atoms in total. The number of anilines is 1. The van der Waals surface area contributed by atoms with Crippen LogP contribution in [0.3, 0.4) is 0 Å². The standard InChI is InChI=1S/C11H15NO2/c1-2-12(9-14)11-5-3-4-10(8-11)6-7-13/h3-5,8-9,13H,2,6-7H2,1H3. The van der Waals surface area contributed by atoms with Gasteiger partial charge in [0.25, 0.3) is 0 Å². The van der Waals surface area contributed by atoms with Crippen molar-refractivity contribution in [2.45, 2.75) is 13.3 Å². The van der Waals surface area contributed by atoms with Gasteiger partial charge in [-0.2, -0.15) is 0 Å². The summed E-state index contributed by atoms with van der Waals surface area (Å²) in [6.07, 6.45) is 1.45. The highest BCUT2D eigenvalue weighted by Gasteiger charge is 2.02. The highest BCUT2D eigenvalue weighted by Crippen LogP contribution is 2.14. The molecule has 0 aromatic heterocycles. The Kier molecular flexibility index (Phi) is 4.13. The maximum absolute atomic E-state index is 10.7. The van der Waals surface area contributed by atoms with Crippen molar-refractivity contribution >= 4 is 12.1 Å². The van der Waals surface area contributed by atoms with Crippen LogP contribution in [0.5, 0.6) is 0 Å². The molecule has 0 aliphatic rings. The zero-order chi connectivity index (χ0) is 10.4. The van der Waals surface area contributed by atoms with Gasteiger partial charge >= 0.3 is 0 Å². The number of carbonyl (C=O) groups excluding carboxylic acids is 1. The van der Waals surface area contributed by atoms with Crippen molar-refractivity contribution in [3.8, 4) is 0 Å². The fourth-order valence-corrected chi connectivity index (χ4v) is 1.34. The second-order valence-corrected chi connectivity index (χ2v) is 3.03. The number of aliphatic hydroxyl groups is 1. The predicted octanol–water partition coefficient (Wildman–Crippen LogP) is 1.20. The molecule has 1 rings (SSSR count). The molecule has 0 saturated heterocycles. The molecule has 0 unspecified atom stereocenters. The van der Waals surface area contributed by atoms with Gasteiger partial charge in [0.05, 0.1) is 0 Å². The van der Waals surface area contributed by atoms with E-state index in [-0.39, 0.29) is 6.61 Å². The van der Waals surface area contributed by atoms with Crippen LogP contribution in [0, 0.1) is 0 Å². The Morgan fingerprint density at radius 1 is 1.50 bits per heavy atom. The largest absolute Gasteiger partial charge is 0.396 e. The second-order valence-electron chi connectivity index (χ2n) is 3.03. The maximum Gasteiger partial charge on any atom is 0.214 e. The van der Waals surface area contributed by atoms with E-state index in [0.29, 0.717) is 13.0 Å². The lowest BCUT2D eigenvalue weighted by atomic mass is 10.1. The first-order valence-corrected chi connectivity index (χ1v) is 4.73. The number of benzene rings is 1. The summed E-state index contributed by atoms with van der Waals surface area (Å²) in [5.41, 5.74) is 1.93. The molecule has 0 radical (unpaired) electrons. The van der Waals surface area contributed by atoms with Gasteiger partial charge in [-0.15, -0.1) is 0 Å². The molecule has 0 aliphatic carbocycles. The smallest absolute Gasteiger partial charge is 0.214 e. The number of hydrogen-bond donors (Lipinski definition) is 1. The first kappa shape index (κ1) is 10.7. The van der Waals surface area contributed by atoms with Crippen LogP contribution in [-0.4, -0.2) is 24.7 Å². The molecule has 1 amide bonds. The average molecular weight is 193 g/mol. The van der Waals surface area contributed by atoms with Gasteiger partial charge in [-0.3, -0.25) is 4.79 Å². The fourth-order valence-electron chi connectivity index (χ4n) is 1.34. The van der Waals surface area contributed by atoms with Crippen molar-refractivity contribution in [2.24, 2.45) is 0 Å². The third-order valence-electron chi connectivity index (χ3n) is 2.11. The van der Waals surface area contributed by atoms with E-state index in [0.717, 1.165) is 17.7 Å². The van der Waals surface area contributed by atoms with E-state index < -0.39 is 0 Å². The second kappa shape index (κ2) is 5.40. The Bertz CT molecular complexity index is 299. The molecule has 0 heterocycles. The molecular formula is C11H15NO2. The average Bonchev–Trinajstić information content (AvgIpc) is 2.21. The Morgan fingerprint density at radius 3 is 2.86 bits per heavy atom. The summed E-state index contributed by atoms with van der Waals surface area (Å²) in [5.74, 6) is 0. The van der Waals surface area contributed by atoms with Gasteiger partial charge in [0.2, 0.25) is 6.41 Å². The Hall–Kier alpha value is -1.35. The zero-order valence-electron chi connectivity index (χ0n) is 8.31. The molecule has 0 saturated carbocycles. The Labute approximate surface area is 84.0 Å². The number of carbonyl (C=O) groups is 1. The van der Waals surface area contributed by atoms with Crippen LogP contribution in [0.1, 0.15) is 12.5 Å². The summed E-state index contributed by atoms with van der Waals surface area (Å²) < 4.78 is 0. The maximum atomic E-state index is 10.7. The molecule has 0 fully saturated rings. The molecule has 1 aromatic carbocycles. The molecule has 1 N–H and O–H groups in total. The third-order valence-corrected chi connectivity index (χ3v) is 2.11. The summed E-state index contributed by atoms with van der Waals surface area (Å²) in [6.45, 7) is 2.72. The minimum Gasteiger partial charge on any atom is -0.396 e. The molecule has 0 aliphatic heterocycles. The Morgan fingerprint density at radius 2 is 2.29 bits per heavy atom. The van der Waals surface area contributed by atoms with Crippen molar-refractivity contribution in [1.82, 2.24) is 0 Å². The lowest BCUT2D eigenvalue weighted by Gasteiger charge is -2.15. The van der Waals surface area contributed by atoms with E-state index in [1.54, 1.807) is 4.90 Å². The van der Waals surface area contributed by atoms with Gasteiger partial charge in [0, 0.05) is 18.8 Å². The molecule has 14 heavy (non-hydrogen) atoms. The fraction of sp³-hybridized carbons (Fsp3) is 0.364. The van der Waals surface area contributed by atoms with E-state index in [1.807, 2.05) is 31.2 Å². The lowest BCUT2D eigenvalue weighted by Crippen LogP contribution is -2.20. The van der Waals surface area contributed by atoms with Crippen molar-refractivity contribution in [3.63, 3.8) is 0 Å². The van der Waals surface area contributed by atoms with E-state index in [2.05, 4.69) is 0 Å². The van der Waals surface area contributed by atoms with Gasteiger partial charge in [-0.05, 0) is 31.0 Å². The number of nitrogens with zero attached hydrogens (tertiary/aromatic N) is 1. The highest BCUT2D eigenvalue weighted by molar-refractivity contribution is 5.75. The van der Waals surface area contributed by atoms with Crippen molar-refractivity contribution in [2.75, 3.05) is 18.1 Å². The molecular weight excluding hydrogens is 178 g/mol. The summed E-state index contributed by atoms with van der Waals surface area (Å²) in [7, 11) is 0. The van der Waals surface area contributed by atoms with Crippen LogP contribution >= 0.6 is 0 Å². The van der Waals surface area contributed by atoms with Crippen LogP contribution in [0.4, 0.5) is 5.69 Å². The van der Waals surface area contributed by atoms with Crippen LogP contribution < -0.4 is 4.90 Å². The van der Waals surface area contributed by atoms with Gasteiger partial charge in [0.1, 0.15) is 0 Å². The quantitative estimate of drug-likeness (QED) is 0.714. The lowest BCUT2D eigenvalue weighted by molar-refractivity contribution is -0.107. The Balaban J connectivity index is 2.86. The van der Waals surface area contributed by atoms with Gasteiger partial charge in [-0.1, -0.05) is 12.1 Å². The number of aliphatic hydroxyl groups excluding tert-OH is 1. The topological polar surface area (TPSA) is 40.5 Å². The van der Waals surface area contributed by atoms with Crippen LogP contribution in [0.15, 0.2) is 24.3 Å². The van der Waals surface area contributed by atoms with Gasteiger partial charge < -0.3 is 10.0 Å². The van der Waals surface area contributed by atoms with E-state index in [4.69, 9.17) is 5.11 Å². The van der Waals surface area contributed by atoms with Gasteiger partial charge in [-0.25, -0.2) is 0 Å². The number of amides is 1. The summed E-state index contributed by atoms with van der Waals surface area (Å²) in [5, 5.41) is 8.78. The zero-order valence-corrected chi connectivity index (χ0v) is 8.31. The first-order valence-electron chi connectivity index (χ1n) is 4.73. The number of rotatable bonds is 5. The highest BCUT2D eigenvalue weighted by atomic mass is 16.2. The van der Waals surface area contributed by atoms with Crippen molar-refractivity contribution in [1.29, 1.82) is 0 Å². The summed E-state index contributed by atoms with van der Waals surface area (Å²) >= 11 is 0. The number of hydrogen-bond acceptors (Lipinski definition) is 2. The molecule has 3 heteroatoms. The third kappa shape index (κ3) is 2.57. The monoisotopic (exact) mass is 193 g/mol. The summed E-state index contributed by atoms with van der Waals surface area (Å²) in [6, 6.07) is 7.65. The van der Waals surface area contributed by atoms with Crippen LogP contribution in [0.2, 0.25) is 0 Å². The molecule has 1 aromatic rings. The van der Waals surface area contributed by atoms with Crippen LogP contribution in [-0.2, 0) is 11.2 Å². The molecule has 76 valence electrons. The van der Waals surface area contributed by atoms with Crippen molar-refractivity contribution in [3.05, 3.63) is 29.8 Å². The van der Waals surface area contributed by atoms with Crippen LogP contribution in [0.25, 0.3) is 0 Å².